The van der Waals surface area contributed by atoms with Crippen LogP contribution in [0.2, 0.25) is 0 Å². The van der Waals surface area contributed by atoms with Crippen LogP contribution < -0.4 is 0 Å². The summed E-state index contributed by atoms with van der Waals surface area (Å²) in [7, 11) is 0. The van der Waals surface area contributed by atoms with Crippen LogP contribution in [0.3, 0.4) is 0 Å². The largest absolute Gasteiger partial charge is 0.296 e. The van der Waals surface area contributed by atoms with Gasteiger partial charge in [0.25, 0.3) is 0 Å². The van der Waals surface area contributed by atoms with Gasteiger partial charge in [0.2, 0.25) is 0 Å². The minimum absolute atomic E-state index is 0.184. The first-order valence-electron chi connectivity index (χ1n) is 8.16. The van der Waals surface area contributed by atoms with Gasteiger partial charge in [0, 0.05) is 0 Å². The Kier molecular flexibility index (Phi) is 5.33. The molecule has 0 radical (unpaired) electrons. The van der Waals surface area contributed by atoms with E-state index in [-0.39, 0.29) is 12.4 Å². The van der Waals surface area contributed by atoms with Crippen LogP contribution in [0, 0.1) is 5.82 Å². The van der Waals surface area contributed by atoms with E-state index in [2.05, 4.69) is 15.0 Å². The van der Waals surface area contributed by atoms with Gasteiger partial charge in [-0.1, -0.05) is 12.1 Å². The van der Waals surface area contributed by atoms with E-state index in [4.69, 9.17) is 0 Å². The highest BCUT2D eigenvalue weighted by Gasteiger charge is 2.20. The second kappa shape index (κ2) is 7.64. The average Bonchev–Trinajstić information content (AvgIpc) is 2.85. The number of halogens is 2. The number of aryl methyl sites for hydroxylation is 1. The molecule has 4 nitrogen and oxygen atoms in total. The van der Waals surface area contributed by atoms with E-state index in [1.54, 1.807) is 4.68 Å². The van der Waals surface area contributed by atoms with Crippen LogP contribution in [-0.4, -0.2) is 39.4 Å². The Morgan fingerprint density at radius 2 is 1.96 bits per heavy atom. The van der Waals surface area contributed by atoms with Gasteiger partial charge in [-0.05, 0) is 56.0 Å². The first kappa shape index (κ1) is 16.1. The fourth-order valence-corrected chi connectivity index (χ4v) is 3.26. The summed E-state index contributed by atoms with van der Waals surface area (Å²) in [5.41, 5.74) is 1.22. The van der Waals surface area contributed by atoms with Crippen molar-refractivity contribution in [3.8, 4) is 0 Å². The van der Waals surface area contributed by atoms with Gasteiger partial charge < -0.3 is 0 Å². The molecular formula is C17H22F2N4. The van der Waals surface area contributed by atoms with E-state index < -0.39 is 6.67 Å². The minimum Gasteiger partial charge on any atom is -0.296 e. The molecule has 0 saturated carbocycles. The van der Waals surface area contributed by atoms with Gasteiger partial charge in [0.1, 0.15) is 24.6 Å². The molecule has 1 aromatic heterocycles. The summed E-state index contributed by atoms with van der Waals surface area (Å²) in [6, 6.07) is 6.87. The lowest BCUT2D eigenvalue weighted by atomic mass is 9.92. The molecule has 3 rings (SSSR count). The summed E-state index contributed by atoms with van der Waals surface area (Å²) in [6.45, 7) is 2.51. The number of hydrogen-bond acceptors (Lipinski definition) is 3. The van der Waals surface area contributed by atoms with Gasteiger partial charge in [0.15, 0.2) is 0 Å². The molecule has 0 unspecified atom stereocenters. The molecule has 0 amide bonds. The number of aromatic nitrogens is 3. The van der Waals surface area contributed by atoms with E-state index in [1.807, 2.05) is 12.1 Å². The topological polar surface area (TPSA) is 34.0 Å². The highest BCUT2D eigenvalue weighted by atomic mass is 19.1. The van der Waals surface area contributed by atoms with Crippen LogP contribution in [0.4, 0.5) is 8.78 Å². The van der Waals surface area contributed by atoms with Crippen LogP contribution >= 0.6 is 0 Å². The van der Waals surface area contributed by atoms with Gasteiger partial charge in [0.05, 0.1) is 13.1 Å². The van der Waals surface area contributed by atoms with Crippen LogP contribution in [0.25, 0.3) is 0 Å². The van der Waals surface area contributed by atoms with Crippen LogP contribution in [-0.2, 0) is 13.1 Å². The SMILES string of the molecule is FCCn1ncnc1CN1CCC[C@@H](c2ccc(F)cc2)CC1. The zero-order valence-electron chi connectivity index (χ0n) is 13.2. The number of nitrogens with zero attached hydrogens (tertiary/aromatic N) is 4. The summed E-state index contributed by atoms with van der Waals surface area (Å²) < 4.78 is 27.2. The quantitative estimate of drug-likeness (QED) is 0.848. The van der Waals surface area contributed by atoms with Crippen LogP contribution in [0.15, 0.2) is 30.6 Å². The molecule has 1 aliphatic heterocycles. The maximum absolute atomic E-state index is 13.1. The van der Waals surface area contributed by atoms with Gasteiger partial charge in [-0.15, -0.1) is 0 Å². The molecule has 0 aliphatic carbocycles. The molecule has 23 heavy (non-hydrogen) atoms. The molecule has 0 N–H and O–H groups in total. The smallest absolute Gasteiger partial charge is 0.141 e. The molecule has 124 valence electrons. The second-order valence-corrected chi connectivity index (χ2v) is 6.04. The molecule has 2 aromatic rings. The molecular weight excluding hydrogens is 298 g/mol. The van der Waals surface area contributed by atoms with Crippen molar-refractivity contribution in [2.45, 2.75) is 38.3 Å². The first-order valence-corrected chi connectivity index (χ1v) is 8.16. The summed E-state index contributed by atoms with van der Waals surface area (Å²) >= 11 is 0. The first-order chi connectivity index (χ1) is 11.3. The number of likely N-dealkylation sites (tertiary alicyclic amines) is 1. The summed E-state index contributed by atoms with van der Waals surface area (Å²) in [4.78, 5) is 6.60. The average molecular weight is 320 g/mol. The van der Waals surface area contributed by atoms with Gasteiger partial charge in [-0.2, -0.15) is 5.10 Å². The number of hydrogen-bond donors (Lipinski definition) is 0. The number of alkyl halides is 1. The van der Waals surface area contributed by atoms with E-state index in [9.17, 15) is 8.78 Å². The lowest BCUT2D eigenvalue weighted by Crippen LogP contribution is -2.26. The number of rotatable bonds is 5. The van der Waals surface area contributed by atoms with E-state index in [0.29, 0.717) is 12.5 Å². The van der Waals surface area contributed by atoms with Crippen molar-refractivity contribution >= 4 is 0 Å². The van der Waals surface area contributed by atoms with Crippen molar-refractivity contribution in [1.29, 1.82) is 0 Å². The molecule has 1 saturated heterocycles. The predicted molar refractivity (Wildman–Crippen MR) is 84.3 cm³/mol. The Balaban J connectivity index is 1.60. The fraction of sp³-hybridized carbons (Fsp3) is 0.529. The summed E-state index contributed by atoms with van der Waals surface area (Å²) in [6.07, 6.45) is 4.74. The monoisotopic (exact) mass is 320 g/mol. The van der Waals surface area contributed by atoms with Crippen LogP contribution in [0.5, 0.6) is 0 Å². The lowest BCUT2D eigenvalue weighted by molar-refractivity contribution is 0.261. The highest BCUT2D eigenvalue weighted by Crippen LogP contribution is 2.28. The van der Waals surface area contributed by atoms with Gasteiger partial charge >= 0.3 is 0 Å². The van der Waals surface area contributed by atoms with Crippen molar-refractivity contribution in [3.63, 3.8) is 0 Å². The fourth-order valence-electron chi connectivity index (χ4n) is 3.26. The third-order valence-corrected chi connectivity index (χ3v) is 4.52. The van der Waals surface area contributed by atoms with Crippen LogP contribution in [0.1, 0.15) is 36.6 Å². The zero-order chi connectivity index (χ0) is 16.1. The van der Waals surface area contributed by atoms with Crippen molar-refractivity contribution in [3.05, 3.63) is 47.8 Å². The Hall–Kier alpha value is -1.82. The van der Waals surface area contributed by atoms with Gasteiger partial charge in [-0.25, -0.2) is 18.4 Å². The van der Waals surface area contributed by atoms with Crippen molar-refractivity contribution in [2.24, 2.45) is 0 Å². The Morgan fingerprint density at radius 3 is 2.74 bits per heavy atom. The second-order valence-electron chi connectivity index (χ2n) is 6.04. The molecule has 1 aromatic carbocycles. The van der Waals surface area contributed by atoms with E-state index >= 15 is 0 Å². The maximum atomic E-state index is 13.1. The third-order valence-electron chi connectivity index (χ3n) is 4.52. The van der Waals surface area contributed by atoms with E-state index in [0.717, 1.165) is 38.2 Å². The molecule has 1 atom stereocenters. The van der Waals surface area contributed by atoms with Crippen molar-refractivity contribution < 1.29 is 8.78 Å². The third kappa shape index (κ3) is 4.13. The number of benzene rings is 1. The molecule has 1 fully saturated rings. The molecule has 6 heteroatoms. The highest BCUT2D eigenvalue weighted by molar-refractivity contribution is 5.20. The van der Waals surface area contributed by atoms with Crippen molar-refractivity contribution in [2.75, 3.05) is 19.8 Å². The normalized spacial score (nSPS) is 19.7. The van der Waals surface area contributed by atoms with Crippen molar-refractivity contribution in [1.82, 2.24) is 19.7 Å². The molecule has 0 spiro atoms. The Bertz CT molecular complexity index is 611. The maximum Gasteiger partial charge on any atom is 0.141 e. The standard InChI is InChI=1S/C17H22F2N4/c18-8-11-23-17(20-13-21-23)12-22-9-1-2-14(7-10-22)15-3-5-16(19)6-4-15/h3-6,13-14H,1-2,7-12H2/t14-/m1/s1. The Morgan fingerprint density at radius 1 is 1.13 bits per heavy atom. The van der Waals surface area contributed by atoms with Gasteiger partial charge in [-0.3, -0.25) is 4.90 Å². The van der Waals surface area contributed by atoms with E-state index in [1.165, 1.54) is 24.0 Å². The molecule has 0 bridgehead atoms. The predicted octanol–water partition coefficient (Wildman–Crippen LogP) is 3.16. The lowest BCUT2D eigenvalue weighted by Gasteiger charge is -2.20. The zero-order valence-corrected chi connectivity index (χ0v) is 13.2. The molecule has 1 aliphatic rings. The summed E-state index contributed by atoms with van der Waals surface area (Å²) in [5, 5.41) is 4.07. The summed E-state index contributed by atoms with van der Waals surface area (Å²) in [5.74, 6) is 1.11. The molecule has 2 heterocycles. The minimum atomic E-state index is -0.428. The Labute approximate surface area is 135 Å².